The van der Waals surface area contributed by atoms with E-state index in [4.69, 9.17) is 4.74 Å². The molecule has 4 nitrogen and oxygen atoms in total. The molecule has 2 rings (SSSR count). The molecule has 1 aliphatic rings. The maximum absolute atomic E-state index is 12.1. The van der Waals surface area contributed by atoms with Crippen LogP contribution in [0.3, 0.4) is 0 Å². The molecule has 5 heteroatoms. The summed E-state index contributed by atoms with van der Waals surface area (Å²) in [4.78, 5) is 12.1. The summed E-state index contributed by atoms with van der Waals surface area (Å²) in [5.41, 5.74) is 4.56. The molecule has 1 aromatic rings. The molecule has 1 heterocycles. The van der Waals surface area contributed by atoms with Gasteiger partial charge in [-0.3, -0.25) is 0 Å². The lowest BCUT2D eigenvalue weighted by atomic mass is 10.1. The molecule has 1 aliphatic heterocycles. The number of halogens is 1. The van der Waals surface area contributed by atoms with Gasteiger partial charge < -0.3 is 4.74 Å². The Hall–Kier alpha value is -1.07. The average Bonchev–Trinajstić information content (AvgIpc) is 2.25. The van der Waals surface area contributed by atoms with Crippen molar-refractivity contribution >= 4 is 27.7 Å². The largest absolute Gasteiger partial charge is 0.442 e. The lowest BCUT2D eigenvalue weighted by Gasteiger charge is -2.32. The summed E-state index contributed by atoms with van der Waals surface area (Å²) in [6, 6.07) is 5.93. The third-order valence-electron chi connectivity index (χ3n) is 2.53. The molecule has 0 saturated carbocycles. The van der Waals surface area contributed by atoms with E-state index in [-0.39, 0.29) is 6.09 Å². The van der Waals surface area contributed by atoms with Crippen molar-refractivity contribution in [1.82, 2.24) is 5.43 Å². The minimum atomic E-state index is -0.498. The van der Waals surface area contributed by atoms with E-state index in [9.17, 15) is 4.79 Å². The molecule has 18 heavy (non-hydrogen) atoms. The van der Waals surface area contributed by atoms with Crippen LogP contribution < -0.4 is 10.4 Å². The van der Waals surface area contributed by atoms with Crippen LogP contribution in [0.4, 0.5) is 10.5 Å². The van der Waals surface area contributed by atoms with Crippen molar-refractivity contribution < 1.29 is 9.53 Å². The number of hydrogen-bond donors (Lipinski definition) is 1. The van der Waals surface area contributed by atoms with E-state index in [0.717, 1.165) is 28.7 Å². The maximum atomic E-state index is 12.1. The number of amides is 1. The molecular formula is C13H17BrN2O2. The number of nitrogens with zero attached hydrogens (tertiary/aromatic N) is 1. The van der Waals surface area contributed by atoms with Crippen LogP contribution in [0.5, 0.6) is 0 Å². The Kier molecular flexibility index (Phi) is 3.64. The van der Waals surface area contributed by atoms with Gasteiger partial charge in [-0.25, -0.2) is 15.2 Å². The zero-order valence-electron chi connectivity index (χ0n) is 10.8. The van der Waals surface area contributed by atoms with Crippen LogP contribution in [-0.4, -0.2) is 18.2 Å². The van der Waals surface area contributed by atoms with Crippen molar-refractivity contribution in [2.45, 2.75) is 32.8 Å². The second kappa shape index (κ2) is 4.90. The summed E-state index contributed by atoms with van der Waals surface area (Å²) >= 11 is 3.42. The highest BCUT2D eigenvalue weighted by Crippen LogP contribution is 2.28. The third-order valence-corrected chi connectivity index (χ3v) is 3.02. The Labute approximate surface area is 115 Å². The summed E-state index contributed by atoms with van der Waals surface area (Å²) in [6.07, 6.45) is 0.531. The third kappa shape index (κ3) is 3.03. The van der Waals surface area contributed by atoms with Gasteiger partial charge in [0.2, 0.25) is 0 Å². The molecule has 0 aliphatic carbocycles. The molecule has 1 amide bonds. The molecule has 0 spiro atoms. The van der Waals surface area contributed by atoms with Crippen LogP contribution >= 0.6 is 15.9 Å². The lowest BCUT2D eigenvalue weighted by Crippen LogP contribution is -2.49. The standard InChI is InChI=1S/C13H17BrN2O2/c1-13(2,3)18-12(17)16-11-8-10(14)5-4-9(11)6-7-15-16/h4-5,8,15H,6-7H2,1-3H3. The van der Waals surface area contributed by atoms with Crippen molar-refractivity contribution in [3.63, 3.8) is 0 Å². The van der Waals surface area contributed by atoms with Gasteiger partial charge in [0.15, 0.2) is 0 Å². The highest BCUT2D eigenvalue weighted by atomic mass is 79.9. The van der Waals surface area contributed by atoms with Gasteiger partial charge in [-0.05, 0) is 44.9 Å². The van der Waals surface area contributed by atoms with Crippen molar-refractivity contribution in [3.05, 3.63) is 28.2 Å². The van der Waals surface area contributed by atoms with Gasteiger partial charge in [-0.1, -0.05) is 22.0 Å². The van der Waals surface area contributed by atoms with E-state index in [2.05, 4.69) is 21.4 Å². The van der Waals surface area contributed by atoms with Gasteiger partial charge in [0.1, 0.15) is 5.60 Å². The number of anilines is 1. The SMILES string of the molecule is CC(C)(C)OC(=O)N1NCCc2ccc(Br)cc21. The number of hydrazine groups is 1. The fourth-order valence-electron chi connectivity index (χ4n) is 1.81. The summed E-state index contributed by atoms with van der Waals surface area (Å²) in [5.74, 6) is 0. The Morgan fingerprint density at radius 2 is 2.17 bits per heavy atom. The van der Waals surface area contributed by atoms with Crippen molar-refractivity contribution in [2.75, 3.05) is 11.6 Å². The van der Waals surface area contributed by atoms with Crippen molar-refractivity contribution in [1.29, 1.82) is 0 Å². The smallest absolute Gasteiger partial charge is 0.429 e. The van der Waals surface area contributed by atoms with Gasteiger partial charge in [-0.2, -0.15) is 0 Å². The second-order valence-corrected chi connectivity index (χ2v) is 6.16. The fourth-order valence-corrected chi connectivity index (χ4v) is 2.16. The summed E-state index contributed by atoms with van der Waals surface area (Å²) in [7, 11) is 0. The number of ether oxygens (including phenoxy) is 1. The number of carbonyl (C=O) groups is 1. The van der Waals surface area contributed by atoms with Crippen LogP contribution in [0.15, 0.2) is 22.7 Å². The van der Waals surface area contributed by atoms with E-state index in [1.54, 1.807) is 0 Å². The van der Waals surface area contributed by atoms with E-state index in [0.29, 0.717) is 0 Å². The first-order chi connectivity index (χ1) is 8.37. The number of carbonyl (C=O) groups excluding carboxylic acids is 1. The molecule has 0 atom stereocenters. The van der Waals surface area contributed by atoms with Crippen molar-refractivity contribution in [2.24, 2.45) is 0 Å². The molecule has 98 valence electrons. The number of nitrogens with one attached hydrogen (secondary N) is 1. The number of benzene rings is 1. The summed E-state index contributed by atoms with van der Waals surface area (Å²) in [5, 5.41) is 1.48. The topological polar surface area (TPSA) is 41.6 Å². The first kappa shape index (κ1) is 13.4. The maximum Gasteiger partial charge on any atom is 0.429 e. The fraction of sp³-hybridized carbons (Fsp3) is 0.462. The van der Waals surface area contributed by atoms with Gasteiger partial charge in [0, 0.05) is 11.0 Å². The average molecular weight is 313 g/mol. The Bertz CT molecular complexity index is 469. The number of hydrogen-bond acceptors (Lipinski definition) is 3. The van der Waals surface area contributed by atoms with E-state index >= 15 is 0 Å². The second-order valence-electron chi connectivity index (χ2n) is 5.25. The van der Waals surface area contributed by atoms with Crippen LogP contribution in [0.25, 0.3) is 0 Å². The summed E-state index contributed by atoms with van der Waals surface area (Å²) in [6.45, 7) is 6.30. The minimum Gasteiger partial charge on any atom is -0.442 e. The zero-order chi connectivity index (χ0) is 13.3. The molecular weight excluding hydrogens is 296 g/mol. The van der Waals surface area contributed by atoms with Crippen molar-refractivity contribution in [3.8, 4) is 0 Å². The minimum absolute atomic E-state index is 0.374. The molecule has 0 radical (unpaired) electrons. The number of rotatable bonds is 0. The predicted octanol–water partition coefficient (Wildman–Crippen LogP) is 3.25. The molecule has 1 aromatic carbocycles. The monoisotopic (exact) mass is 312 g/mol. The summed E-state index contributed by atoms with van der Waals surface area (Å²) < 4.78 is 6.33. The molecule has 0 bridgehead atoms. The number of fused-ring (bicyclic) bond motifs is 1. The van der Waals surface area contributed by atoms with Crippen LogP contribution in [0, 0.1) is 0 Å². The molecule has 1 N–H and O–H groups in total. The van der Waals surface area contributed by atoms with Gasteiger partial charge >= 0.3 is 6.09 Å². The van der Waals surface area contributed by atoms with Crippen LogP contribution in [0.1, 0.15) is 26.3 Å². The lowest BCUT2D eigenvalue weighted by molar-refractivity contribution is 0.0559. The first-order valence-electron chi connectivity index (χ1n) is 5.92. The molecule has 0 saturated heterocycles. The van der Waals surface area contributed by atoms with Gasteiger partial charge in [0.05, 0.1) is 5.69 Å². The van der Waals surface area contributed by atoms with E-state index in [1.807, 2.05) is 39.0 Å². The predicted molar refractivity (Wildman–Crippen MR) is 74.6 cm³/mol. The van der Waals surface area contributed by atoms with Gasteiger partial charge in [0.25, 0.3) is 0 Å². The molecule has 0 fully saturated rings. The Morgan fingerprint density at radius 3 is 2.83 bits per heavy atom. The Morgan fingerprint density at radius 1 is 1.44 bits per heavy atom. The first-order valence-corrected chi connectivity index (χ1v) is 6.71. The van der Waals surface area contributed by atoms with E-state index < -0.39 is 5.60 Å². The van der Waals surface area contributed by atoms with Crippen LogP contribution in [-0.2, 0) is 11.2 Å². The normalized spacial score (nSPS) is 15.2. The van der Waals surface area contributed by atoms with E-state index in [1.165, 1.54) is 5.01 Å². The molecule has 0 unspecified atom stereocenters. The quantitative estimate of drug-likeness (QED) is 0.799. The molecule has 0 aromatic heterocycles. The Balaban J connectivity index is 2.27. The van der Waals surface area contributed by atoms with Crippen LogP contribution in [0.2, 0.25) is 0 Å². The highest BCUT2D eigenvalue weighted by molar-refractivity contribution is 9.10. The zero-order valence-corrected chi connectivity index (χ0v) is 12.4. The van der Waals surface area contributed by atoms with Gasteiger partial charge in [-0.15, -0.1) is 0 Å². The highest BCUT2D eigenvalue weighted by Gasteiger charge is 2.27.